The van der Waals surface area contributed by atoms with Crippen LogP contribution in [0.2, 0.25) is 0 Å². The van der Waals surface area contributed by atoms with Crippen molar-refractivity contribution < 1.29 is 9.26 Å². The molecule has 98 valence electrons. The fourth-order valence-electron chi connectivity index (χ4n) is 1.52. The Morgan fingerprint density at radius 2 is 2.26 bits per heavy atom. The zero-order chi connectivity index (χ0) is 13.9. The lowest BCUT2D eigenvalue weighted by molar-refractivity contribution is -0.0106. The summed E-state index contributed by atoms with van der Waals surface area (Å²) in [4.78, 5) is 8.41. The van der Waals surface area contributed by atoms with Crippen LogP contribution in [0.1, 0.15) is 31.7 Å². The van der Waals surface area contributed by atoms with Gasteiger partial charge in [0.2, 0.25) is 5.82 Å². The van der Waals surface area contributed by atoms with Crippen LogP contribution in [0.5, 0.6) is 0 Å². The monoisotopic (exact) mass is 258 g/mol. The van der Waals surface area contributed by atoms with Crippen LogP contribution in [0.4, 0.5) is 0 Å². The number of pyridine rings is 1. The van der Waals surface area contributed by atoms with Crippen molar-refractivity contribution in [1.29, 1.82) is 5.26 Å². The average Bonchev–Trinajstić information content (AvgIpc) is 2.97. The van der Waals surface area contributed by atoms with Crippen molar-refractivity contribution in [3.63, 3.8) is 0 Å². The summed E-state index contributed by atoms with van der Waals surface area (Å²) < 4.78 is 10.6. The lowest BCUT2D eigenvalue weighted by atomic mass is 10.0. The summed E-state index contributed by atoms with van der Waals surface area (Å²) in [5.74, 6) is 0.801. The highest BCUT2D eigenvalue weighted by atomic mass is 16.5. The molecule has 2 rings (SSSR count). The summed E-state index contributed by atoms with van der Waals surface area (Å²) in [5.41, 5.74) is 0.444. The van der Waals surface area contributed by atoms with Crippen LogP contribution in [0.25, 0.3) is 11.6 Å². The quantitative estimate of drug-likeness (QED) is 0.836. The molecule has 1 atom stereocenters. The summed E-state index contributed by atoms with van der Waals surface area (Å²) in [7, 11) is 1.61. The van der Waals surface area contributed by atoms with Gasteiger partial charge in [0.25, 0.3) is 5.89 Å². The largest absolute Gasteiger partial charge is 0.370 e. The zero-order valence-corrected chi connectivity index (χ0v) is 11.0. The highest BCUT2D eigenvalue weighted by Gasteiger charge is 2.30. The van der Waals surface area contributed by atoms with Crippen LogP contribution in [-0.2, 0) is 10.3 Å². The van der Waals surface area contributed by atoms with Gasteiger partial charge in [0.15, 0.2) is 0 Å². The van der Waals surface area contributed by atoms with E-state index in [0.717, 1.165) is 6.42 Å². The van der Waals surface area contributed by atoms with Crippen molar-refractivity contribution in [2.75, 3.05) is 7.11 Å². The molecule has 6 nitrogen and oxygen atoms in total. The van der Waals surface area contributed by atoms with Crippen molar-refractivity contribution >= 4 is 0 Å². The van der Waals surface area contributed by atoms with Crippen LogP contribution in [0.15, 0.2) is 22.9 Å². The van der Waals surface area contributed by atoms with Gasteiger partial charge >= 0.3 is 0 Å². The molecule has 6 heteroatoms. The molecule has 2 aromatic heterocycles. The van der Waals surface area contributed by atoms with Crippen LogP contribution < -0.4 is 0 Å². The third-order valence-corrected chi connectivity index (χ3v) is 3.14. The van der Waals surface area contributed by atoms with E-state index < -0.39 is 5.60 Å². The number of nitrogens with zero attached hydrogens (tertiary/aromatic N) is 4. The first-order valence-corrected chi connectivity index (χ1v) is 5.89. The van der Waals surface area contributed by atoms with Crippen LogP contribution in [-0.4, -0.2) is 22.2 Å². The molecule has 0 saturated heterocycles. The third-order valence-electron chi connectivity index (χ3n) is 3.14. The van der Waals surface area contributed by atoms with Gasteiger partial charge < -0.3 is 9.26 Å². The fraction of sp³-hybridized carbons (Fsp3) is 0.385. The van der Waals surface area contributed by atoms with Gasteiger partial charge in [-0.1, -0.05) is 12.1 Å². The second-order valence-corrected chi connectivity index (χ2v) is 4.26. The molecule has 0 radical (unpaired) electrons. The highest BCUT2D eigenvalue weighted by Crippen LogP contribution is 2.27. The lowest BCUT2D eigenvalue weighted by Gasteiger charge is -2.21. The Hall–Kier alpha value is -2.26. The van der Waals surface area contributed by atoms with Gasteiger partial charge in [-0.2, -0.15) is 10.2 Å². The first kappa shape index (κ1) is 13.2. The molecule has 0 aliphatic rings. The third kappa shape index (κ3) is 2.46. The number of nitriles is 1. The molecule has 19 heavy (non-hydrogen) atoms. The maximum Gasteiger partial charge on any atom is 0.276 e. The molecule has 0 aliphatic heterocycles. The minimum Gasteiger partial charge on any atom is -0.370 e. The molecule has 0 saturated carbocycles. The van der Waals surface area contributed by atoms with Gasteiger partial charge in [0.1, 0.15) is 17.4 Å². The first-order valence-electron chi connectivity index (χ1n) is 5.89. The smallest absolute Gasteiger partial charge is 0.276 e. The molecule has 0 bridgehead atoms. The van der Waals surface area contributed by atoms with E-state index in [0.29, 0.717) is 23.0 Å². The molecular formula is C13H14N4O2. The molecule has 0 spiro atoms. The van der Waals surface area contributed by atoms with Crippen molar-refractivity contribution in [1.82, 2.24) is 15.1 Å². The summed E-state index contributed by atoms with van der Waals surface area (Å²) in [6.45, 7) is 3.88. The molecular weight excluding hydrogens is 244 g/mol. The van der Waals surface area contributed by atoms with Gasteiger partial charge in [-0.3, -0.25) is 0 Å². The van der Waals surface area contributed by atoms with Gasteiger partial charge in [-0.05, 0) is 25.5 Å². The standard InChI is InChI=1S/C13H14N4O2/c1-4-13(2,18-3)12-16-11(19-17-12)10-6-5-9(7-14)8-15-10/h5-6,8H,4H2,1-3H3. The Labute approximate surface area is 111 Å². The zero-order valence-electron chi connectivity index (χ0n) is 11.0. The Morgan fingerprint density at radius 3 is 2.79 bits per heavy atom. The van der Waals surface area contributed by atoms with Crippen LogP contribution in [0, 0.1) is 11.3 Å². The minimum atomic E-state index is -0.575. The van der Waals surface area contributed by atoms with Gasteiger partial charge in [0.05, 0.1) is 5.56 Å². The Bertz CT molecular complexity index is 594. The van der Waals surface area contributed by atoms with Crippen molar-refractivity contribution in [3.05, 3.63) is 29.7 Å². The molecule has 0 aromatic carbocycles. The normalized spacial score (nSPS) is 13.8. The molecule has 1 unspecified atom stereocenters. The fourth-order valence-corrected chi connectivity index (χ4v) is 1.52. The van der Waals surface area contributed by atoms with Crippen molar-refractivity contribution in [3.8, 4) is 17.7 Å². The van der Waals surface area contributed by atoms with Gasteiger partial charge in [-0.25, -0.2) is 4.98 Å². The second-order valence-electron chi connectivity index (χ2n) is 4.26. The Kier molecular flexibility index (Phi) is 3.58. The van der Waals surface area contributed by atoms with Gasteiger partial charge in [0, 0.05) is 13.3 Å². The minimum absolute atomic E-state index is 0.316. The van der Waals surface area contributed by atoms with Crippen molar-refractivity contribution in [2.45, 2.75) is 25.9 Å². The van der Waals surface area contributed by atoms with Crippen LogP contribution in [0.3, 0.4) is 0 Å². The summed E-state index contributed by atoms with van der Waals surface area (Å²) in [5, 5.41) is 12.6. The average molecular weight is 258 g/mol. The van der Waals surface area contributed by atoms with E-state index in [4.69, 9.17) is 14.5 Å². The summed E-state index contributed by atoms with van der Waals surface area (Å²) >= 11 is 0. The summed E-state index contributed by atoms with van der Waals surface area (Å²) in [6, 6.07) is 5.33. The molecule has 2 heterocycles. The molecule has 0 N–H and O–H groups in total. The number of hydrogen-bond acceptors (Lipinski definition) is 6. The number of ether oxygens (including phenoxy) is 1. The first-order chi connectivity index (χ1) is 9.12. The number of hydrogen-bond donors (Lipinski definition) is 0. The van der Waals surface area contributed by atoms with Gasteiger partial charge in [-0.15, -0.1) is 0 Å². The van der Waals surface area contributed by atoms with Crippen LogP contribution >= 0.6 is 0 Å². The predicted molar refractivity (Wildman–Crippen MR) is 66.9 cm³/mol. The Balaban J connectivity index is 2.33. The molecule has 0 fully saturated rings. The predicted octanol–water partition coefficient (Wildman–Crippen LogP) is 2.27. The van der Waals surface area contributed by atoms with E-state index in [9.17, 15) is 0 Å². The van der Waals surface area contributed by atoms with E-state index in [1.165, 1.54) is 6.20 Å². The number of methoxy groups -OCH3 is 1. The number of aromatic nitrogens is 3. The summed E-state index contributed by atoms with van der Waals surface area (Å²) in [6.07, 6.45) is 2.19. The highest BCUT2D eigenvalue weighted by molar-refractivity contribution is 5.47. The van der Waals surface area contributed by atoms with E-state index in [2.05, 4.69) is 15.1 Å². The molecule has 2 aromatic rings. The molecule has 0 aliphatic carbocycles. The maximum absolute atomic E-state index is 8.72. The number of rotatable bonds is 4. The van der Waals surface area contributed by atoms with E-state index in [-0.39, 0.29) is 0 Å². The van der Waals surface area contributed by atoms with E-state index in [1.807, 2.05) is 19.9 Å². The maximum atomic E-state index is 8.72. The lowest BCUT2D eigenvalue weighted by Crippen LogP contribution is -2.24. The topological polar surface area (TPSA) is 84.8 Å². The second kappa shape index (κ2) is 5.16. The van der Waals surface area contributed by atoms with E-state index >= 15 is 0 Å². The van der Waals surface area contributed by atoms with E-state index in [1.54, 1.807) is 19.2 Å². The molecule has 0 amide bonds. The Morgan fingerprint density at radius 1 is 1.47 bits per heavy atom. The van der Waals surface area contributed by atoms with Crippen molar-refractivity contribution in [2.24, 2.45) is 0 Å². The SMILES string of the molecule is CCC(C)(OC)c1noc(-c2ccc(C#N)cn2)n1.